The molecule has 5 aromatic rings. The van der Waals surface area contributed by atoms with Crippen LogP contribution < -0.4 is 4.74 Å². The molecule has 0 aliphatic heterocycles. The van der Waals surface area contributed by atoms with E-state index in [0.717, 1.165) is 69.0 Å². The number of esters is 1. The standard InChI is InChI=1S/C30H31N3O4.CH4O/c1-4-36-30(35)29-23(15-9-17-37-26-16-7-11-20-10-5-6-12-21(20)26)22-13-8-14-24(28(22)31-29)27-19(2)32-33(3)25(27)18-34;1-2/h5-8,10-14,16,31,34H,4,9,15,17-18H2,1-3H3;2H,1H3. The van der Waals surface area contributed by atoms with Gasteiger partial charge in [0.15, 0.2) is 0 Å². The molecule has 0 unspecified atom stereocenters. The van der Waals surface area contributed by atoms with Crippen molar-refractivity contribution in [3.63, 3.8) is 0 Å². The zero-order valence-corrected chi connectivity index (χ0v) is 22.8. The van der Waals surface area contributed by atoms with Gasteiger partial charge < -0.3 is 24.7 Å². The Morgan fingerprint density at radius 1 is 1.03 bits per heavy atom. The van der Waals surface area contributed by atoms with Gasteiger partial charge in [-0.3, -0.25) is 4.68 Å². The van der Waals surface area contributed by atoms with Crippen molar-refractivity contribution in [1.29, 1.82) is 0 Å². The molecule has 0 radical (unpaired) electrons. The highest BCUT2D eigenvalue weighted by Gasteiger charge is 2.23. The molecule has 0 fully saturated rings. The zero-order valence-electron chi connectivity index (χ0n) is 22.8. The number of para-hydroxylation sites is 1. The van der Waals surface area contributed by atoms with Crippen molar-refractivity contribution in [2.75, 3.05) is 20.3 Å². The molecule has 2 heterocycles. The van der Waals surface area contributed by atoms with Crippen LogP contribution in [0.3, 0.4) is 0 Å². The Balaban J connectivity index is 0.00000172. The van der Waals surface area contributed by atoms with Gasteiger partial charge in [-0.25, -0.2) is 4.79 Å². The van der Waals surface area contributed by atoms with E-state index in [4.69, 9.17) is 14.6 Å². The maximum atomic E-state index is 12.9. The third kappa shape index (κ3) is 5.53. The number of fused-ring (bicyclic) bond motifs is 2. The molecule has 39 heavy (non-hydrogen) atoms. The summed E-state index contributed by atoms with van der Waals surface area (Å²) in [6.07, 6.45) is 1.36. The predicted molar refractivity (Wildman–Crippen MR) is 153 cm³/mol. The molecular formula is C31H35N3O5. The smallest absolute Gasteiger partial charge is 0.355 e. The molecule has 0 bridgehead atoms. The SMILES string of the molecule is CCOC(=O)c1[nH]c2c(-c3c(C)nn(C)c3CO)cccc2c1CCCOc1cccc2ccccc12.CO. The van der Waals surface area contributed by atoms with Crippen LogP contribution >= 0.6 is 0 Å². The number of nitrogens with one attached hydrogen (secondary N) is 1. The molecule has 0 atom stereocenters. The van der Waals surface area contributed by atoms with Crippen molar-refractivity contribution < 1.29 is 24.5 Å². The molecule has 204 valence electrons. The molecule has 2 aromatic heterocycles. The van der Waals surface area contributed by atoms with Crippen LogP contribution in [0.2, 0.25) is 0 Å². The maximum absolute atomic E-state index is 12.9. The lowest BCUT2D eigenvalue weighted by atomic mass is 9.98. The molecule has 0 amide bonds. The lowest BCUT2D eigenvalue weighted by molar-refractivity contribution is 0.0519. The average molecular weight is 530 g/mol. The predicted octanol–water partition coefficient (Wildman–Crippen LogP) is 5.32. The summed E-state index contributed by atoms with van der Waals surface area (Å²) in [6.45, 7) is 4.40. The Bertz CT molecular complexity index is 1580. The van der Waals surface area contributed by atoms with E-state index in [1.165, 1.54) is 0 Å². The van der Waals surface area contributed by atoms with Crippen LogP contribution in [-0.4, -0.2) is 51.3 Å². The Morgan fingerprint density at radius 2 is 1.74 bits per heavy atom. The number of ether oxygens (including phenoxy) is 2. The fraction of sp³-hybridized carbons (Fsp3) is 0.290. The molecular weight excluding hydrogens is 494 g/mol. The number of nitrogens with zero attached hydrogens (tertiary/aromatic N) is 2. The third-order valence-electron chi connectivity index (χ3n) is 6.76. The van der Waals surface area contributed by atoms with Crippen LogP contribution in [0.15, 0.2) is 60.7 Å². The molecule has 0 saturated heterocycles. The van der Waals surface area contributed by atoms with Crippen LogP contribution in [0.4, 0.5) is 0 Å². The Kier molecular flexibility index (Phi) is 9.01. The number of H-pyrrole nitrogens is 1. The van der Waals surface area contributed by atoms with E-state index in [1.807, 2.05) is 56.4 Å². The van der Waals surface area contributed by atoms with Crippen LogP contribution in [0.25, 0.3) is 32.8 Å². The van der Waals surface area contributed by atoms with Gasteiger partial charge in [-0.1, -0.05) is 54.6 Å². The number of carbonyl (C=O) groups is 1. The molecule has 3 N–H and O–H groups in total. The first kappa shape index (κ1) is 27.9. The molecule has 8 nitrogen and oxygen atoms in total. The first-order valence-corrected chi connectivity index (χ1v) is 13.0. The highest BCUT2D eigenvalue weighted by Crippen LogP contribution is 2.36. The highest BCUT2D eigenvalue weighted by atomic mass is 16.5. The fourth-order valence-corrected chi connectivity index (χ4v) is 5.11. The van der Waals surface area contributed by atoms with Gasteiger partial charge >= 0.3 is 5.97 Å². The topological polar surface area (TPSA) is 110 Å². The fourth-order valence-electron chi connectivity index (χ4n) is 5.11. The summed E-state index contributed by atoms with van der Waals surface area (Å²) < 4.78 is 13.2. The van der Waals surface area contributed by atoms with Gasteiger partial charge in [-0.05, 0) is 43.7 Å². The number of aryl methyl sites for hydroxylation is 3. The van der Waals surface area contributed by atoms with Crippen molar-refractivity contribution in [1.82, 2.24) is 14.8 Å². The first-order valence-electron chi connectivity index (χ1n) is 13.0. The van der Waals surface area contributed by atoms with Gasteiger partial charge in [-0.15, -0.1) is 0 Å². The van der Waals surface area contributed by atoms with Crippen molar-refractivity contribution in [3.8, 4) is 16.9 Å². The van der Waals surface area contributed by atoms with E-state index >= 15 is 0 Å². The number of rotatable bonds is 9. The number of aromatic amines is 1. The van der Waals surface area contributed by atoms with Crippen molar-refractivity contribution in [2.24, 2.45) is 7.05 Å². The molecule has 0 aliphatic rings. The highest BCUT2D eigenvalue weighted by molar-refractivity contribution is 6.04. The second-order valence-corrected chi connectivity index (χ2v) is 9.05. The van der Waals surface area contributed by atoms with Crippen molar-refractivity contribution >= 4 is 27.6 Å². The van der Waals surface area contributed by atoms with Gasteiger partial charge in [0, 0.05) is 36.1 Å². The van der Waals surface area contributed by atoms with Crippen molar-refractivity contribution in [3.05, 3.63) is 83.3 Å². The van der Waals surface area contributed by atoms with E-state index in [0.29, 0.717) is 25.3 Å². The molecule has 0 aliphatic carbocycles. The maximum Gasteiger partial charge on any atom is 0.355 e. The number of hydrogen-bond donors (Lipinski definition) is 3. The largest absolute Gasteiger partial charge is 0.493 e. The second-order valence-electron chi connectivity index (χ2n) is 9.05. The number of hydrogen-bond acceptors (Lipinski definition) is 6. The van der Waals surface area contributed by atoms with E-state index in [-0.39, 0.29) is 12.6 Å². The second kappa shape index (κ2) is 12.6. The number of aliphatic hydroxyl groups excluding tert-OH is 2. The van der Waals surface area contributed by atoms with Gasteiger partial charge in [0.2, 0.25) is 0 Å². The number of aliphatic hydroxyl groups is 2. The summed E-state index contributed by atoms with van der Waals surface area (Å²) in [6, 6.07) is 20.2. The quantitative estimate of drug-likeness (QED) is 0.176. The summed E-state index contributed by atoms with van der Waals surface area (Å²) >= 11 is 0. The minimum atomic E-state index is -0.375. The average Bonchev–Trinajstić information content (AvgIpc) is 3.48. The molecule has 0 spiro atoms. The summed E-state index contributed by atoms with van der Waals surface area (Å²) in [5, 5.41) is 24.7. The minimum Gasteiger partial charge on any atom is -0.493 e. The van der Waals surface area contributed by atoms with Gasteiger partial charge in [0.05, 0.1) is 36.7 Å². The Labute approximate surface area is 227 Å². The normalized spacial score (nSPS) is 10.9. The third-order valence-corrected chi connectivity index (χ3v) is 6.76. The monoisotopic (exact) mass is 529 g/mol. The van der Waals surface area contributed by atoms with Gasteiger partial charge in [0.1, 0.15) is 11.4 Å². The summed E-state index contributed by atoms with van der Waals surface area (Å²) in [5.41, 5.74) is 5.51. The number of carbonyl (C=O) groups excluding carboxylic acids is 1. The lowest BCUT2D eigenvalue weighted by Crippen LogP contribution is -2.09. The van der Waals surface area contributed by atoms with Crippen LogP contribution in [-0.2, 0) is 24.8 Å². The molecule has 0 saturated carbocycles. The number of aromatic nitrogens is 3. The van der Waals surface area contributed by atoms with Crippen LogP contribution in [0.1, 0.15) is 40.8 Å². The Morgan fingerprint density at radius 3 is 2.51 bits per heavy atom. The van der Waals surface area contributed by atoms with Crippen molar-refractivity contribution in [2.45, 2.75) is 33.3 Å². The zero-order chi connectivity index (χ0) is 27.9. The Hall–Kier alpha value is -4.14. The van der Waals surface area contributed by atoms with E-state index in [9.17, 15) is 9.90 Å². The first-order chi connectivity index (χ1) is 19.0. The number of benzene rings is 3. The summed E-state index contributed by atoms with van der Waals surface area (Å²) in [7, 11) is 2.82. The van der Waals surface area contributed by atoms with Crippen LogP contribution in [0.5, 0.6) is 5.75 Å². The molecule has 3 aromatic carbocycles. The lowest BCUT2D eigenvalue weighted by Gasteiger charge is -2.10. The van der Waals surface area contributed by atoms with Gasteiger partial charge in [0.25, 0.3) is 0 Å². The molecule has 5 rings (SSSR count). The summed E-state index contributed by atoms with van der Waals surface area (Å²) in [4.78, 5) is 16.3. The van der Waals surface area contributed by atoms with E-state index < -0.39 is 0 Å². The summed E-state index contributed by atoms with van der Waals surface area (Å²) in [5.74, 6) is 0.480. The van der Waals surface area contributed by atoms with Gasteiger partial charge in [-0.2, -0.15) is 5.10 Å². The van der Waals surface area contributed by atoms with E-state index in [1.54, 1.807) is 11.6 Å². The molecule has 8 heteroatoms. The van der Waals surface area contributed by atoms with Crippen LogP contribution in [0, 0.1) is 6.92 Å². The van der Waals surface area contributed by atoms with E-state index in [2.05, 4.69) is 28.3 Å². The minimum absolute atomic E-state index is 0.132.